The van der Waals surface area contributed by atoms with Crippen molar-refractivity contribution in [2.24, 2.45) is 0 Å². The lowest BCUT2D eigenvalue weighted by atomic mass is 10.1. The summed E-state index contributed by atoms with van der Waals surface area (Å²) in [5.41, 5.74) is 1.25. The maximum Gasteiger partial charge on any atom is 0.338 e. The number of hydrogen-bond donors (Lipinski definition) is 1. The van der Waals surface area contributed by atoms with Crippen LogP contribution >= 0.6 is 11.6 Å². The van der Waals surface area contributed by atoms with Crippen molar-refractivity contribution in [2.75, 3.05) is 25.1 Å². The lowest BCUT2D eigenvalue weighted by molar-refractivity contribution is -0.143. The van der Waals surface area contributed by atoms with Crippen LogP contribution in [-0.2, 0) is 25.6 Å². The largest absolute Gasteiger partial charge is 0.462 e. The number of hydrogen-bond acceptors (Lipinski definition) is 6. The van der Waals surface area contributed by atoms with Crippen LogP contribution in [0.15, 0.2) is 48.5 Å². The number of halogens is 1. The van der Waals surface area contributed by atoms with Crippen LogP contribution in [-0.4, -0.2) is 59.6 Å². The number of urea groups is 1. The van der Waals surface area contributed by atoms with Crippen molar-refractivity contribution < 1.29 is 28.7 Å². The average Bonchev–Trinajstić information content (AvgIpc) is 3.21. The van der Waals surface area contributed by atoms with Gasteiger partial charge in [0.25, 0.3) is 5.91 Å². The molecule has 1 aliphatic heterocycles. The number of ether oxygens (including phenoxy) is 2. The third-order valence-electron chi connectivity index (χ3n) is 7.27. The van der Waals surface area contributed by atoms with Gasteiger partial charge in [-0.15, -0.1) is 0 Å². The Morgan fingerprint density at radius 3 is 2.19 bits per heavy atom. The molecule has 1 atom stereocenters. The van der Waals surface area contributed by atoms with Crippen molar-refractivity contribution in [2.45, 2.75) is 90.8 Å². The second-order valence-electron chi connectivity index (χ2n) is 10.7. The Balaban J connectivity index is 1.48. The molecule has 1 fully saturated rings. The molecule has 1 aliphatic rings. The summed E-state index contributed by atoms with van der Waals surface area (Å²) in [6.45, 7) is 4.11. The predicted octanol–water partition coefficient (Wildman–Crippen LogP) is 7.18. The van der Waals surface area contributed by atoms with E-state index in [9.17, 15) is 19.2 Å². The Hall–Kier alpha value is -3.43. The number of anilines is 1. The van der Waals surface area contributed by atoms with Gasteiger partial charge in [-0.25, -0.2) is 9.59 Å². The Morgan fingerprint density at radius 2 is 1.53 bits per heavy atom. The second kappa shape index (κ2) is 18.3. The first-order valence-electron chi connectivity index (χ1n) is 15.4. The summed E-state index contributed by atoms with van der Waals surface area (Å²) in [4.78, 5) is 53.8. The van der Waals surface area contributed by atoms with Gasteiger partial charge in [0.2, 0.25) is 12.1 Å². The van der Waals surface area contributed by atoms with Crippen LogP contribution in [0, 0.1) is 0 Å². The monoisotopic (exact) mass is 613 g/mol. The van der Waals surface area contributed by atoms with Crippen molar-refractivity contribution in [3.63, 3.8) is 0 Å². The number of benzene rings is 2. The Morgan fingerprint density at radius 1 is 0.884 bits per heavy atom. The van der Waals surface area contributed by atoms with Crippen molar-refractivity contribution in [1.82, 2.24) is 9.80 Å². The zero-order chi connectivity index (χ0) is 31.0. The van der Waals surface area contributed by atoms with Gasteiger partial charge in [-0.2, -0.15) is 0 Å². The summed E-state index contributed by atoms with van der Waals surface area (Å²) in [7, 11) is 0. The van der Waals surface area contributed by atoms with Crippen LogP contribution in [0.25, 0.3) is 0 Å². The van der Waals surface area contributed by atoms with Gasteiger partial charge >= 0.3 is 12.0 Å². The van der Waals surface area contributed by atoms with E-state index >= 15 is 0 Å². The molecule has 4 amide bonds. The molecular formula is C33H44ClN3O6. The fourth-order valence-electron chi connectivity index (χ4n) is 4.93. The molecule has 2 aromatic rings. The maximum absolute atomic E-state index is 13.1. The first kappa shape index (κ1) is 34.1. The molecule has 1 N–H and O–H groups in total. The first-order valence-corrected chi connectivity index (χ1v) is 15.8. The second-order valence-corrected chi connectivity index (χ2v) is 11.1. The average molecular weight is 614 g/mol. The molecule has 0 aromatic heterocycles. The van der Waals surface area contributed by atoms with Crippen molar-refractivity contribution in [1.29, 1.82) is 0 Å². The number of carbonyl (C=O) groups is 4. The molecule has 0 aliphatic carbocycles. The van der Waals surface area contributed by atoms with E-state index in [2.05, 4.69) is 12.2 Å². The SMILES string of the molecule is CCCCCCCCCCCCOC(=O)c1ccc(Cl)c(NC(=O)CN2C(=O)C(OCC)N(Cc3ccccc3)C2=O)c1. The third-order valence-corrected chi connectivity index (χ3v) is 7.60. The Bertz CT molecular complexity index is 1210. The van der Waals surface area contributed by atoms with Gasteiger partial charge in [-0.05, 0) is 37.1 Å². The number of amides is 4. The molecule has 234 valence electrons. The van der Waals surface area contributed by atoms with E-state index in [-0.39, 0.29) is 29.4 Å². The Labute approximate surface area is 259 Å². The molecule has 2 aromatic carbocycles. The minimum Gasteiger partial charge on any atom is -0.462 e. The molecule has 10 heteroatoms. The normalized spacial score (nSPS) is 14.8. The van der Waals surface area contributed by atoms with Crippen LogP contribution in [0.4, 0.5) is 10.5 Å². The summed E-state index contributed by atoms with van der Waals surface area (Å²) < 4.78 is 11.0. The van der Waals surface area contributed by atoms with Crippen LogP contribution < -0.4 is 5.32 Å². The molecule has 9 nitrogen and oxygen atoms in total. The van der Waals surface area contributed by atoms with Gasteiger partial charge in [0.05, 0.1) is 29.4 Å². The van der Waals surface area contributed by atoms with E-state index in [1.54, 1.807) is 6.92 Å². The molecule has 1 saturated heterocycles. The van der Waals surface area contributed by atoms with Crippen molar-refractivity contribution in [3.05, 3.63) is 64.7 Å². The fourth-order valence-corrected chi connectivity index (χ4v) is 5.10. The number of nitrogens with zero attached hydrogens (tertiary/aromatic N) is 2. The summed E-state index contributed by atoms with van der Waals surface area (Å²) in [6, 6.07) is 13.0. The topological polar surface area (TPSA) is 105 Å². The van der Waals surface area contributed by atoms with Crippen LogP contribution in [0.3, 0.4) is 0 Å². The van der Waals surface area contributed by atoms with E-state index in [1.807, 2.05) is 30.3 Å². The highest BCUT2D eigenvalue weighted by atomic mass is 35.5. The predicted molar refractivity (Wildman–Crippen MR) is 167 cm³/mol. The lowest BCUT2D eigenvalue weighted by Crippen LogP contribution is -2.39. The molecule has 0 spiro atoms. The lowest BCUT2D eigenvalue weighted by Gasteiger charge is -2.21. The molecule has 1 unspecified atom stereocenters. The molecule has 0 saturated carbocycles. The number of esters is 1. The molecule has 43 heavy (non-hydrogen) atoms. The number of nitrogens with one attached hydrogen (secondary N) is 1. The summed E-state index contributed by atoms with van der Waals surface area (Å²) >= 11 is 6.28. The van der Waals surface area contributed by atoms with Gasteiger partial charge < -0.3 is 14.8 Å². The van der Waals surface area contributed by atoms with Crippen LogP contribution in [0.5, 0.6) is 0 Å². The van der Waals surface area contributed by atoms with Crippen LogP contribution in [0.1, 0.15) is 94.0 Å². The van der Waals surface area contributed by atoms with E-state index in [0.29, 0.717) is 6.61 Å². The van der Waals surface area contributed by atoms with Gasteiger partial charge in [0.1, 0.15) is 6.54 Å². The molecule has 1 heterocycles. The van der Waals surface area contributed by atoms with E-state index in [4.69, 9.17) is 21.1 Å². The zero-order valence-corrected chi connectivity index (χ0v) is 26.1. The van der Waals surface area contributed by atoms with E-state index in [1.165, 1.54) is 68.0 Å². The first-order chi connectivity index (χ1) is 20.8. The highest BCUT2D eigenvalue weighted by molar-refractivity contribution is 6.34. The number of unbranched alkanes of at least 4 members (excludes halogenated alkanes) is 9. The highest BCUT2D eigenvalue weighted by Gasteiger charge is 2.46. The number of carbonyl (C=O) groups excluding carboxylic acids is 4. The summed E-state index contributed by atoms with van der Waals surface area (Å²) in [5.74, 6) is -1.77. The van der Waals surface area contributed by atoms with E-state index < -0.39 is 36.6 Å². The fraction of sp³-hybridized carbons (Fsp3) is 0.515. The number of rotatable bonds is 19. The quantitative estimate of drug-likeness (QED) is 0.102. The minimum atomic E-state index is -1.12. The maximum atomic E-state index is 13.1. The minimum absolute atomic E-state index is 0.156. The number of imide groups is 1. The summed E-state index contributed by atoms with van der Waals surface area (Å²) in [5, 5.41) is 2.82. The Kier molecular flexibility index (Phi) is 14.5. The van der Waals surface area contributed by atoms with E-state index in [0.717, 1.165) is 29.7 Å². The standard InChI is InChI=1S/C33H44ClN3O6/c1-3-5-6-7-8-9-10-11-12-16-21-43-32(40)26-19-20-27(34)28(22-26)35-29(38)24-36-30(39)31(42-4-2)37(33(36)41)23-25-17-14-13-15-18-25/h13-15,17-20,22,31H,3-12,16,21,23-24H2,1-2H3,(H,35,38). The van der Waals surface area contributed by atoms with Crippen LogP contribution in [0.2, 0.25) is 5.02 Å². The molecule has 3 rings (SSSR count). The van der Waals surface area contributed by atoms with Gasteiger partial charge in [0, 0.05) is 6.61 Å². The highest BCUT2D eigenvalue weighted by Crippen LogP contribution is 2.25. The van der Waals surface area contributed by atoms with Crippen molar-refractivity contribution >= 4 is 41.1 Å². The van der Waals surface area contributed by atoms with Gasteiger partial charge in [0.15, 0.2) is 0 Å². The van der Waals surface area contributed by atoms with Gasteiger partial charge in [-0.3, -0.25) is 19.4 Å². The molecule has 0 radical (unpaired) electrons. The smallest absolute Gasteiger partial charge is 0.338 e. The zero-order valence-electron chi connectivity index (χ0n) is 25.3. The van der Waals surface area contributed by atoms with Crippen molar-refractivity contribution in [3.8, 4) is 0 Å². The third kappa shape index (κ3) is 10.7. The molecule has 0 bridgehead atoms. The summed E-state index contributed by atoms with van der Waals surface area (Å²) in [6.07, 6.45) is 10.8. The molecular weight excluding hydrogens is 570 g/mol. The van der Waals surface area contributed by atoms with Gasteiger partial charge in [-0.1, -0.05) is 107 Å².